The normalized spacial score (nSPS) is 20.9. The Morgan fingerprint density at radius 1 is 1.22 bits per heavy atom. The van der Waals surface area contributed by atoms with Gasteiger partial charge in [-0.05, 0) is 58.0 Å². The molecule has 1 N–H and O–H groups in total. The molecule has 0 spiro atoms. The van der Waals surface area contributed by atoms with Gasteiger partial charge in [-0.1, -0.05) is 0 Å². The van der Waals surface area contributed by atoms with Gasteiger partial charge >= 0.3 is 0 Å². The molecule has 1 atom stereocenters. The maximum absolute atomic E-state index is 5.68. The van der Waals surface area contributed by atoms with E-state index in [0.717, 1.165) is 25.4 Å². The lowest BCUT2D eigenvalue weighted by Crippen LogP contribution is -2.34. The first kappa shape index (κ1) is 13.2. The summed E-state index contributed by atoms with van der Waals surface area (Å²) < 4.78 is 5.68. The molecule has 1 aliphatic heterocycles. The third-order valence-corrected chi connectivity index (χ3v) is 3.34. The van der Waals surface area contributed by atoms with E-state index in [1.165, 1.54) is 12.1 Å². The van der Waals surface area contributed by atoms with Crippen LogP contribution in [0.15, 0.2) is 24.3 Å². The van der Waals surface area contributed by atoms with Crippen LogP contribution in [-0.4, -0.2) is 31.8 Å². The molecule has 1 aromatic carbocycles. The number of hydrogen-bond donors (Lipinski definition) is 1. The maximum atomic E-state index is 5.68. The van der Waals surface area contributed by atoms with Gasteiger partial charge in [0.25, 0.3) is 0 Å². The fourth-order valence-electron chi connectivity index (χ4n) is 2.38. The SMILES string of the molecule is CC(C)Oc1ccc(N2CCNCCC2C)cc1. The van der Waals surface area contributed by atoms with Crippen molar-refractivity contribution < 1.29 is 4.74 Å². The second-order valence-corrected chi connectivity index (χ2v) is 5.24. The molecule has 3 nitrogen and oxygen atoms in total. The van der Waals surface area contributed by atoms with Crippen LogP contribution in [0, 0.1) is 0 Å². The molecular weight excluding hydrogens is 224 g/mol. The standard InChI is InChI=1S/C15H24N2O/c1-12(2)18-15-6-4-14(5-7-15)17-11-10-16-9-8-13(17)3/h4-7,12-13,16H,8-11H2,1-3H3. The number of hydrogen-bond acceptors (Lipinski definition) is 3. The van der Waals surface area contributed by atoms with Crippen LogP contribution in [-0.2, 0) is 0 Å². The Morgan fingerprint density at radius 2 is 1.94 bits per heavy atom. The monoisotopic (exact) mass is 248 g/mol. The molecule has 0 aliphatic carbocycles. The first-order chi connectivity index (χ1) is 8.66. The van der Waals surface area contributed by atoms with E-state index in [-0.39, 0.29) is 6.10 Å². The van der Waals surface area contributed by atoms with Crippen molar-refractivity contribution >= 4 is 5.69 Å². The van der Waals surface area contributed by atoms with Crippen molar-refractivity contribution in [2.24, 2.45) is 0 Å². The van der Waals surface area contributed by atoms with Crippen LogP contribution < -0.4 is 15.0 Å². The highest BCUT2D eigenvalue weighted by Crippen LogP contribution is 2.23. The average Bonchev–Trinajstić information content (AvgIpc) is 2.54. The summed E-state index contributed by atoms with van der Waals surface area (Å²) in [7, 11) is 0. The van der Waals surface area contributed by atoms with E-state index in [0.29, 0.717) is 6.04 Å². The molecule has 18 heavy (non-hydrogen) atoms. The van der Waals surface area contributed by atoms with Crippen LogP contribution >= 0.6 is 0 Å². The van der Waals surface area contributed by atoms with Crippen molar-refractivity contribution in [2.45, 2.75) is 39.3 Å². The molecule has 0 aromatic heterocycles. The summed E-state index contributed by atoms with van der Waals surface area (Å²) in [5.74, 6) is 0.953. The lowest BCUT2D eigenvalue weighted by molar-refractivity contribution is 0.242. The molecule has 100 valence electrons. The Balaban J connectivity index is 2.07. The van der Waals surface area contributed by atoms with E-state index < -0.39 is 0 Å². The molecule has 0 bridgehead atoms. The Bertz CT molecular complexity index is 361. The molecule has 0 radical (unpaired) electrons. The molecule has 1 fully saturated rings. The third-order valence-electron chi connectivity index (χ3n) is 3.34. The molecule has 1 aliphatic rings. The van der Waals surface area contributed by atoms with E-state index in [1.807, 2.05) is 0 Å². The maximum Gasteiger partial charge on any atom is 0.119 e. The van der Waals surface area contributed by atoms with Crippen LogP contribution in [0.2, 0.25) is 0 Å². The molecule has 1 unspecified atom stereocenters. The summed E-state index contributed by atoms with van der Waals surface area (Å²) in [5.41, 5.74) is 1.29. The summed E-state index contributed by atoms with van der Waals surface area (Å²) in [5, 5.41) is 3.45. The molecule has 3 heteroatoms. The lowest BCUT2D eigenvalue weighted by Gasteiger charge is -2.29. The summed E-state index contributed by atoms with van der Waals surface area (Å²) in [6, 6.07) is 9.07. The molecular formula is C15H24N2O. The summed E-state index contributed by atoms with van der Waals surface area (Å²) in [6.07, 6.45) is 1.43. The lowest BCUT2D eigenvalue weighted by atomic mass is 10.2. The van der Waals surface area contributed by atoms with Gasteiger partial charge < -0.3 is 15.0 Å². The zero-order chi connectivity index (χ0) is 13.0. The molecule has 0 amide bonds. The Kier molecular flexibility index (Phi) is 4.48. The van der Waals surface area contributed by atoms with Gasteiger partial charge in [0.2, 0.25) is 0 Å². The first-order valence-corrected chi connectivity index (χ1v) is 6.91. The van der Waals surface area contributed by atoms with Crippen LogP contribution in [0.25, 0.3) is 0 Å². The van der Waals surface area contributed by atoms with Crippen molar-refractivity contribution in [2.75, 3.05) is 24.5 Å². The zero-order valence-corrected chi connectivity index (χ0v) is 11.6. The molecule has 2 rings (SSSR count). The second kappa shape index (κ2) is 6.10. The van der Waals surface area contributed by atoms with Gasteiger partial charge in [-0.25, -0.2) is 0 Å². The molecule has 1 aromatic rings. The average molecular weight is 248 g/mol. The first-order valence-electron chi connectivity index (χ1n) is 6.91. The minimum Gasteiger partial charge on any atom is -0.491 e. The highest BCUT2D eigenvalue weighted by molar-refractivity contribution is 5.50. The number of nitrogens with zero attached hydrogens (tertiary/aromatic N) is 1. The predicted molar refractivity (Wildman–Crippen MR) is 76.5 cm³/mol. The number of benzene rings is 1. The van der Waals surface area contributed by atoms with Gasteiger partial charge in [0.15, 0.2) is 0 Å². The van der Waals surface area contributed by atoms with Gasteiger partial charge in [-0.3, -0.25) is 0 Å². The summed E-state index contributed by atoms with van der Waals surface area (Å²) in [4.78, 5) is 2.47. The van der Waals surface area contributed by atoms with E-state index >= 15 is 0 Å². The van der Waals surface area contributed by atoms with Crippen molar-refractivity contribution in [3.05, 3.63) is 24.3 Å². The minimum atomic E-state index is 0.233. The molecule has 0 saturated carbocycles. The largest absolute Gasteiger partial charge is 0.491 e. The van der Waals surface area contributed by atoms with E-state index in [2.05, 4.69) is 55.3 Å². The van der Waals surface area contributed by atoms with Gasteiger partial charge in [-0.2, -0.15) is 0 Å². The van der Waals surface area contributed by atoms with Gasteiger partial charge in [-0.15, -0.1) is 0 Å². The van der Waals surface area contributed by atoms with Gasteiger partial charge in [0, 0.05) is 24.8 Å². The van der Waals surface area contributed by atoms with Gasteiger partial charge in [0.1, 0.15) is 5.75 Å². The quantitative estimate of drug-likeness (QED) is 0.890. The van der Waals surface area contributed by atoms with Crippen LogP contribution in [0.1, 0.15) is 27.2 Å². The van der Waals surface area contributed by atoms with E-state index in [9.17, 15) is 0 Å². The second-order valence-electron chi connectivity index (χ2n) is 5.24. The highest BCUT2D eigenvalue weighted by Gasteiger charge is 2.16. The smallest absolute Gasteiger partial charge is 0.119 e. The number of rotatable bonds is 3. The Morgan fingerprint density at radius 3 is 2.61 bits per heavy atom. The Labute approximate surface area is 110 Å². The Hall–Kier alpha value is -1.22. The van der Waals surface area contributed by atoms with E-state index in [4.69, 9.17) is 4.74 Å². The van der Waals surface area contributed by atoms with Crippen molar-refractivity contribution in [1.29, 1.82) is 0 Å². The minimum absolute atomic E-state index is 0.233. The van der Waals surface area contributed by atoms with Crippen LogP contribution in [0.3, 0.4) is 0 Å². The van der Waals surface area contributed by atoms with Crippen LogP contribution in [0.4, 0.5) is 5.69 Å². The fraction of sp³-hybridized carbons (Fsp3) is 0.600. The number of ether oxygens (including phenoxy) is 1. The fourth-order valence-corrected chi connectivity index (χ4v) is 2.38. The number of nitrogens with one attached hydrogen (secondary N) is 1. The summed E-state index contributed by atoms with van der Waals surface area (Å²) in [6.45, 7) is 9.66. The van der Waals surface area contributed by atoms with Crippen LogP contribution in [0.5, 0.6) is 5.75 Å². The number of anilines is 1. The summed E-state index contributed by atoms with van der Waals surface area (Å²) >= 11 is 0. The topological polar surface area (TPSA) is 24.5 Å². The van der Waals surface area contributed by atoms with Crippen molar-refractivity contribution in [3.8, 4) is 5.75 Å². The molecule has 1 saturated heterocycles. The predicted octanol–water partition coefficient (Wildman–Crippen LogP) is 2.66. The molecule has 1 heterocycles. The highest BCUT2D eigenvalue weighted by atomic mass is 16.5. The van der Waals surface area contributed by atoms with Crippen molar-refractivity contribution in [1.82, 2.24) is 5.32 Å². The van der Waals surface area contributed by atoms with E-state index in [1.54, 1.807) is 0 Å². The third kappa shape index (κ3) is 3.39. The van der Waals surface area contributed by atoms with Gasteiger partial charge in [0.05, 0.1) is 6.10 Å². The van der Waals surface area contributed by atoms with Crippen molar-refractivity contribution in [3.63, 3.8) is 0 Å². The zero-order valence-electron chi connectivity index (χ0n) is 11.6.